The van der Waals surface area contributed by atoms with E-state index in [2.05, 4.69) is 10.6 Å². The Morgan fingerprint density at radius 3 is 1.25 bits per heavy atom. The fraction of sp³-hybridized carbons (Fsp3) is 0.286. The fourth-order valence-corrected chi connectivity index (χ4v) is 3.92. The van der Waals surface area contributed by atoms with Crippen LogP contribution in [0.25, 0.3) is 0 Å². The van der Waals surface area contributed by atoms with Gasteiger partial charge in [-0.25, -0.2) is 0 Å². The average molecular weight is 429 g/mol. The first-order valence-electron chi connectivity index (χ1n) is 11.4. The lowest BCUT2D eigenvalue weighted by molar-refractivity contribution is -0.123. The van der Waals surface area contributed by atoms with Gasteiger partial charge in [0.05, 0.1) is 11.8 Å². The van der Waals surface area contributed by atoms with Crippen LogP contribution in [0.3, 0.4) is 0 Å². The van der Waals surface area contributed by atoms with Crippen molar-refractivity contribution in [2.45, 2.75) is 51.6 Å². The summed E-state index contributed by atoms with van der Waals surface area (Å²) in [6.07, 6.45) is 1.52. The van der Waals surface area contributed by atoms with Crippen molar-refractivity contribution >= 4 is 11.8 Å². The minimum Gasteiger partial charge on any atom is -0.351 e. The summed E-state index contributed by atoms with van der Waals surface area (Å²) in [6, 6.07) is 27.8. The van der Waals surface area contributed by atoms with Gasteiger partial charge in [-0.15, -0.1) is 0 Å². The molecule has 0 aliphatic carbocycles. The first-order chi connectivity index (χ1) is 15.6. The number of carbonyl (C=O) groups is 2. The molecule has 0 saturated heterocycles. The zero-order chi connectivity index (χ0) is 22.8. The minimum absolute atomic E-state index is 0.0431. The third kappa shape index (κ3) is 6.30. The highest BCUT2D eigenvalue weighted by molar-refractivity contribution is 5.84. The first kappa shape index (κ1) is 23.3. The maximum absolute atomic E-state index is 12.6. The second-order valence-corrected chi connectivity index (χ2v) is 8.00. The molecule has 0 spiro atoms. The van der Waals surface area contributed by atoms with E-state index in [1.807, 2.05) is 98.8 Å². The summed E-state index contributed by atoms with van der Waals surface area (Å²) in [6.45, 7) is 5.03. The summed E-state index contributed by atoms with van der Waals surface area (Å²) < 4.78 is 0. The first-order valence-corrected chi connectivity index (χ1v) is 11.4. The molecule has 3 rings (SSSR count). The smallest absolute Gasteiger partial charge is 0.227 e. The molecule has 3 aromatic carbocycles. The molecule has 2 N–H and O–H groups in total. The van der Waals surface area contributed by atoms with Gasteiger partial charge in [-0.05, 0) is 35.1 Å². The van der Waals surface area contributed by atoms with Crippen molar-refractivity contribution < 1.29 is 9.59 Å². The number of benzene rings is 3. The van der Waals surface area contributed by atoms with Crippen LogP contribution in [0.2, 0.25) is 0 Å². The molecule has 0 aliphatic rings. The summed E-state index contributed by atoms with van der Waals surface area (Å²) in [5.74, 6) is -0.188. The molecule has 0 fully saturated rings. The monoisotopic (exact) mass is 428 g/mol. The van der Waals surface area contributed by atoms with Crippen molar-refractivity contribution in [3.05, 3.63) is 107 Å². The largest absolute Gasteiger partial charge is 0.351 e. The van der Waals surface area contributed by atoms with E-state index in [0.29, 0.717) is 13.1 Å². The molecule has 2 atom stereocenters. The van der Waals surface area contributed by atoms with Crippen LogP contribution in [0.1, 0.15) is 60.8 Å². The molecule has 0 unspecified atom stereocenters. The molecule has 4 nitrogen and oxygen atoms in total. The molecule has 0 bridgehead atoms. The van der Waals surface area contributed by atoms with Crippen LogP contribution in [-0.4, -0.2) is 11.8 Å². The molecule has 3 aromatic rings. The lowest BCUT2D eigenvalue weighted by Crippen LogP contribution is -2.29. The second kappa shape index (κ2) is 11.8. The van der Waals surface area contributed by atoms with Crippen LogP contribution < -0.4 is 10.6 Å². The van der Waals surface area contributed by atoms with Gasteiger partial charge >= 0.3 is 0 Å². The zero-order valence-corrected chi connectivity index (χ0v) is 18.9. The van der Waals surface area contributed by atoms with Crippen LogP contribution in [0, 0.1) is 0 Å². The van der Waals surface area contributed by atoms with E-state index in [-0.39, 0.29) is 23.7 Å². The normalized spacial score (nSPS) is 12.6. The molecule has 32 heavy (non-hydrogen) atoms. The maximum atomic E-state index is 12.6. The molecule has 0 aliphatic heterocycles. The number of amides is 2. The summed E-state index contributed by atoms with van der Waals surface area (Å²) in [7, 11) is 0. The zero-order valence-electron chi connectivity index (χ0n) is 18.9. The van der Waals surface area contributed by atoms with Gasteiger partial charge in [-0.1, -0.05) is 98.8 Å². The molecule has 166 valence electrons. The Hall–Kier alpha value is -3.40. The lowest BCUT2D eigenvalue weighted by atomic mass is 9.95. The Labute approximate surface area is 191 Å². The van der Waals surface area contributed by atoms with Crippen LogP contribution in [0.5, 0.6) is 0 Å². The van der Waals surface area contributed by atoms with Crippen LogP contribution >= 0.6 is 0 Å². The minimum atomic E-state index is -0.137. The highest BCUT2D eigenvalue weighted by Gasteiger charge is 2.19. The van der Waals surface area contributed by atoms with Gasteiger partial charge in [0, 0.05) is 13.1 Å². The van der Waals surface area contributed by atoms with E-state index in [1.54, 1.807) is 0 Å². The predicted octanol–water partition coefficient (Wildman–Crippen LogP) is 5.31. The Morgan fingerprint density at radius 1 is 0.594 bits per heavy atom. The van der Waals surface area contributed by atoms with Gasteiger partial charge in [0.15, 0.2) is 0 Å². The van der Waals surface area contributed by atoms with Gasteiger partial charge in [-0.2, -0.15) is 0 Å². The maximum Gasteiger partial charge on any atom is 0.227 e. The van der Waals surface area contributed by atoms with Gasteiger partial charge in [0.1, 0.15) is 0 Å². The Kier molecular flexibility index (Phi) is 8.61. The van der Waals surface area contributed by atoms with Crippen molar-refractivity contribution in [3.8, 4) is 0 Å². The van der Waals surface area contributed by atoms with Gasteiger partial charge in [0.25, 0.3) is 0 Å². The summed E-state index contributed by atoms with van der Waals surface area (Å²) in [5.41, 5.74) is 4.15. The average Bonchev–Trinajstić information content (AvgIpc) is 2.84. The fourth-order valence-electron chi connectivity index (χ4n) is 3.92. The highest BCUT2D eigenvalue weighted by atomic mass is 16.2. The third-order valence-corrected chi connectivity index (χ3v) is 5.81. The molecule has 0 heterocycles. The predicted molar refractivity (Wildman–Crippen MR) is 129 cm³/mol. The molecule has 4 heteroatoms. The molecule has 0 saturated carbocycles. The van der Waals surface area contributed by atoms with Crippen LogP contribution in [-0.2, 0) is 22.7 Å². The van der Waals surface area contributed by atoms with Gasteiger partial charge in [0.2, 0.25) is 11.8 Å². The second-order valence-electron chi connectivity index (χ2n) is 8.00. The van der Waals surface area contributed by atoms with E-state index >= 15 is 0 Å². The van der Waals surface area contributed by atoms with Crippen molar-refractivity contribution in [2.75, 3.05) is 0 Å². The molecular formula is C28H32N2O2. The van der Waals surface area contributed by atoms with E-state index in [1.165, 1.54) is 0 Å². The van der Waals surface area contributed by atoms with Gasteiger partial charge in [-0.3, -0.25) is 9.59 Å². The molecular weight excluding hydrogens is 396 g/mol. The van der Waals surface area contributed by atoms with E-state index in [4.69, 9.17) is 0 Å². The van der Waals surface area contributed by atoms with Crippen molar-refractivity contribution in [1.82, 2.24) is 10.6 Å². The number of nitrogens with one attached hydrogen (secondary N) is 2. The summed E-state index contributed by atoms with van der Waals surface area (Å²) >= 11 is 0. The molecule has 0 aromatic heterocycles. The Balaban J connectivity index is 1.50. The van der Waals surface area contributed by atoms with Crippen molar-refractivity contribution in [1.29, 1.82) is 0 Å². The van der Waals surface area contributed by atoms with Crippen molar-refractivity contribution in [2.24, 2.45) is 0 Å². The van der Waals surface area contributed by atoms with E-state index in [0.717, 1.165) is 35.1 Å². The Bertz CT molecular complexity index is 902. The SMILES string of the molecule is CC[C@H](C(=O)NCc1ccc(CNC(=O)[C@H](CC)c2ccccc2)cc1)c1ccccc1. The summed E-state index contributed by atoms with van der Waals surface area (Å²) in [5, 5.41) is 6.10. The van der Waals surface area contributed by atoms with Crippen molar-refractivity contribution in [3.63, 3.8) is 0 Å². The summed E-state index contributed by atoms with van der Waals surface area (Å²) in [4.78, 5) is 25.3. The van der Waals surface area contributed by atoms with E-state index < -0.39 is 0 Å². The number of carbonyl (C=O) groups excluding carboxylic acids is 2. The molecule has 2 amide bonds. The van der Waals surface area contributed by atoms with Gasteiger partial charge < -0.3 is 10.6 Å². The Morgan fingerprint density at radius 2 is 0.938 bits per heavy atom. The highest BCUT2D eigenvalue weighted by Crippen LogP contribution is 2.20. The van der Waals surface area contributed by atoms with Crippen LogP contribution in [0.15, 0.2) is 84.9 Å². The number of rotatable bonds is 10. The molecule has 0 radical (unpaired) electrons. The standard InChI is InChI=1S/C28H32N2O2/c1-3-25(23-11-7-5-8-12-23)27(31)29-19-21-15-17-22(18-16-21)20-30-28(32)26(4-2)24-13-9-6-10-14-24/h5-18,25-26H,3-4,19-20H2,1-2H3,(H,29,31)(H,30,32)/t25-,26+. The topological polar surface area (TPSA) is 58.2 Å². The number of hydrogen-bond donors (Lipinski definition) is 2. The quantitative estimate of drug-likeness (QED) is 0.460. The third-order valence-electron chi connectivity index (χ3n) is 5.81. The lowest BCUT2D eigenvalue weighted by Gasteiger charge is -2.16. The van der Waals surface area contributed by atoms with Crippen LogP contribution in [0.4, 0.5) is 0 Å². The van der Waals surface area contributed by atoms with E-state index in [9.17, 15) is 9.59 Å². The number of hydrogen-bond acceptors (Lipinski definition) is 2.